The summed E-state index contributed by atoms with van der Waals surface area (Å²) in [5, 5.41) is 8.61. The lowest BCUT2D eigenvalue weighted by molar-refractivity contribution is -0.137. The molecule has 0 spiro atoms. The third-order valence-corrected chi connectivity index (χ3v) is 1.81. The molecule has 0 atom stereocenters. The Labute approximate surface area is 77.8 Å². The van der Waals surface area contributed by atoms with Gasteiger partial charge in [-0.15, -0.1) is 0 Å². The molecule has 1 rings (SSSR count). The Balaban J connectivity index is 3.14. The molecule has 71 valence electrons. The van der Waals surface area contributed by atoms with Gasteiger partial charge in [0, 0.05) is 10.6 Å². The van der Waals surface area contributed by atoms with E-state index < -0.39 is 11.7 Å². The van der Waals surface area contributed by atoms with Gasteiger partial charge in [0.15, 0.2) is 0 Å². The van der Waals surface area contributed by atoms with Crippen molar-refractivity contribution in [1.82, 2.24) is 0 Å². The highest BCUT2D eigenvalue weighted by atomic mass is 35.5. The van der Waals surface area contributed by atoms with Crippen molar-refractivity contribution in [3.8, 4) is 0 Å². The Morgan fingerprint density at radius 2 is 1.92 bits per heavy atom. The molecular formula is C8H5ClF3O. The number of rotatable bonds is 1. The Bertz CT molecular complexity index is 309. The van der Waals surface area contributed by atoms with E-state index in [2.05, 4.69) is 0 Å². The molecule has 0 saturated heterocycles. The first-order valence-corrected chi connectivity index (χ1v) is 3.67. The van der Waals surface area contributed by atoms with Gasteiger partial charge in [0.25, 0.3) is 0 Å². The van der Waals surface area contributed by atoms with Crippen molar-refractivity contribution in [2.24, 2.45) is 0 Å². The monoisotopic (exact) mass is 209 g/mol. The number of aliphatic hydroxyl groups excluding tert-OH is 1. The average Bonchev–Trinajstić information content (AvgIpc) is 2.03. The summed E-state index contributed by atoms with van der Waals surface area (Å²) in [4.78, 5) is 0. The fourth-order valence-corrected chi connectivity index (χ4v) is 0.985. The van der Waals surface area contributed by atoms with Gasteiger partial charge in [-0.2, -0.15) is 13.2 Å². The normalized spacial score (nSPS) is 11.8. The van der Waals surface area contributed by atoms with Crippen LogP contribution in [-0.2, 0) is 6.18 Å². The maximum Gasteiger partial charge on any atom is 0.416 e. The third kappa shape index (κ3) is 2.35. The van der Waals surface area contributed by atoms with E-state index in [4.69, 9.17) is 16.7 Å². The summed E-state index contributed by atoms with van der Waals surface area (Å²) in [6.45, 7) is 0.539. The fourth-order valence-electron chi connectivity index (χ4n) is 0.819. The first-order chi connectivity index (χ1) is 5.95. The molecular weight excluding hydrogens is 205 g/mol. The van der Waals surface area contributed by atoms with Crippen LogP contribution in [0, 0.1) is 6.61 Å². The summed E-state index contributed by atoms with van der Waals surface area (Å²) >= 11 is 5.49. The van der Waals surface area contributed by atoms with Gasteiger partial charge in [0.05, 0.1) is 5.56 Å². The first-order valence-electron chi connectivity index (χ1n) is 3.29. The van der Waals surface area contributed by atoms with Gasteiger partial charge in [0.1, 0.15) is 6.61 Å². The second-order valence-corrected chi connectivity index (χ2v) is 2.77. The Kier molecular flexibility index (Phi) is 2.83. The zero-order valence-electron chi connectivity index (χ0n) is 6.27. The summed E-state index contributed by atoms with van der Waals surface area (Å²) in [5.41, 5.74) is -0.881. The Hall–Kier alpha value is -0.740. The van der Waals surface area contributed by atoms with Crippen molar-refractivity contribution in [3.05, 3.63) is 41.0 Å². The molecule has 0 aliphatic rings. The van der Waals surface area contributed by atoms with Crippen LogP contribution in [0.5, 0.6) is 0 Å². The molecule has 0 fully saturated rings. The minimum absolute atomic E-state index is 0.0449. The van der Waals surface area contributed by atoms with Gasteiger partial charge in [-0.05, 0) is 18.2 Å². The molecule has 0 amide bonds. The van der Waals surface area contributed by atoms with Crippen molar-refractivity contribution in [1.29, 1.82) is 0 Å². The minimum Gasteiger partial charge on any atom is -0.385 e. The lowest BCUT2D eigenvalue weighted by atomic mass is 10.1. The number of benzene rings is 1. The summed E-state index contributed by atoms with van der Waals surface area (Å²) in [6, 6.07) is 2.73. The molecule has 0 aliphatic heterocycles. The topological polar surface area (TPSA) is 20.2 Å². The zero-order chi connectivity index (χ0) is 10.1. The quantitative estimate of drug-likeness (QED) is 0.753. The van der Waals surface area contributed by atoms with Crippen LogP contribution < -0.4 is 0 Å². The molecule has 0 heterocycles. The number of alkyl halides is 3. The van der Waals surface area contributed by atoms with E-state index in [1.807, 2.05) is 0 Å². The van der Waals surface area contributed by atoms with Gasteiger partial charge < -0.3 is 5.11 Å². The van der Waals surface area contributed by atoms with Crippen LogP contribution >= 0.6 is 11.6 Å². The molecule has 0 aliphatic carbocycles. The largest absolute Gasteiger partial charge is 0.416 e. The van der Waals surface area contributed by atoms with E-state index in [1.165, 1.54) is 0 Å². The van der Waals surface area contributed by atoms with E-state index in [-0.39, 0.29) is 10.6 Å². The van der Waals surface area contributed by atoms with Gasteiger partial charge in [-0.3, -0.25) is 0 Å². The second kappa shape index (κ2) is 3.55. The van der Waals surface area contributed by atoms with Crippen LogP contribution in [0.25, 0.3) is 0 Å². The highest BCUT2D eigenvalue weighted by molar-refractivity contribution is 6.31. The summed E-state index contributed by atoms with van der Waals surface area (Å²) < 4.78 is 36.3. The van der Waals surface area contributed by atoms with Crippen LogP contribution in [0.2, 0.25) is 5.02 Å². The van der Waals surface area contributed by atoms with E-state index in [9.17, 15) is 13.2 Å². The van der Waals surface area contributed by atoms with Gasteiger partial charge >= 0.3 is 6.18 Å². The molecule has 0 bridgehead atoms. The molecule has 1 radical (unpaired) electrons. The number of halogens is 4. The second-order valence-electron chi connectivity index (χ2n) is 2.36. The van der Waals surface area contributed by atoms with Crippen LogP contribution in [0.3, 0.4) is 0 Å². The average molecular weight is 210 g/mol. The predicted molar refractivity (Wildman–Crippen MR) is 41.8 cm³/mol. The van der Waals surface area contributed by atoms with E-state index in [0.29, 0.717) is 6.61 Å². The highest BCUT2D eigenvalue weighted by Crippen LogP contribution is 2.31. The Morgan fingerprint density at radius 3 is 2.38 bits per heavy atom. The maximum absolute atomic E-state index is 12.1. The summed E-state index contributed by atoms with van der Waals surface area (Å²) in [5.74, 6) is 0. The molecule has 1 aromatic rings. The van der Waals surface area contributed by atoms with Crippen molar-refractivity contribution in [2.45, 2.75) is 6.18 Å². The lowest BCUT2D eigenvalue weighted by Gasteiger charge is -2.08. The maximum atomic E-state index is 12.1. The molecule has 13 heavy (non-hydrogen) atoms. The third-order valence-electron chi connectivity index (χ3n) is 1.46. The molecule has 5 heteroatoms. The van der Waals surface area contributed by atoms with Crippen molar-refractivity contribution < 1.29 is 18.3 Å². The molecule has 1 aromatic carbocycles. The van der Waals surface area contributed by atoms with Gasteiger partial charge in [-0.25, -0.2) is 0 Å². The van der Waals surface area contributed by atoms with Crippen LogP contribution in [-0.4, -0.2) is 5.11 Å². The number of aliphatic hydroxyl groups is 1. The standard InChI is InChI=1S/C8H5ClF3O/c9-7-2-1-6(8(10,11)12)3-5(7)4-13/h1-4,13H. The predicted octanol–water partition coefficient (Wildman–Crippen LogP) is 3.24. The van der Waals surface area contributed by atoms with Crippen LogP contribution in [0.1, 0.15) is 11.1 Å². The van der Waals surface area contributed by atoms with E-state index in [0.717, 1.165) is 18.2 Å². The van der Waals surface area contributed by atoms with Gasteiger partial charge in [-0.1, -0.05) is 11.6 Å². The van der Waals surface area contributed by atoms with Gasteiger partial charge in [0.2, 0.25) is 0 Å². The van der Waals surface area contributed by atoms with E-state index in [1.54, 1.807) is 0 Å². The van der Waals surface area contributed by atoms with Crippen LogP contribution in [0.4, 0.5) is 13.2 Å². The molecule has 0 aromatic heterocycles. The minimum atomic E-state index is -4.41. The van der Waals surface area contributed by atoms with E-state index >= 15 is 0 Å². The molecule has 1 nitrogen and oxygen atoms in total. The molecule has 1 N–H and O–H groups in total. The lowest BCUT2D eigenvalue weighted by Crippen LogP contribution is -2.05. The fraction of sp³-hybridized carbons (Fsp3) is 0.125. The smallest absolute Gasteiger partial charge is 0.385 e. The molecule has 0 unspecified atom stereocenters. The van der Waals surface area contributed by atoms with Crippen molar-refractivity contribution in [2.75, 3.05) is 0 Å². The number of hydrogen-bond donors (Lipinski definition) is 1. The Morgan fingerprint density at radius 1 is 1.31 bits per heavy atom. The SMILES string of the molecule is O[CH]c1cc(C(F)(F)F)ccc1Cl. The van der Waals surface area contributed by atoms with Crippen LogP contribution in [0.15, 0.2) is 18.2 Å². The number of hydrogen-bond acceptors (Lipinski definition) is 1. The van der Waals surface area contributed by atoms with Crippen molar-refractivity contribution in [3.63, 3.8) is 0 Å². The summed E-state index contributed by atoms with van der Waals surface area (Å²) in [7, 11) is 0. The highest BCUT2D eigenvalue weighted by Gasteiger charge is 2.30. The molecule has 0 saturated carbocycles. The van der Waals surface area contributed by atoms with Crippen molar-refractivity contribution >= 4 is 11.6 Å². The summed E-state index contributed by atoms with van der Waals surface area (Å²) in [6.07, 6.45) is -4.41. The zero-order valence-corrected chi connectivity index (χ0v) is 7.02. The first kappa shape index (κ1) is 10.3.